The van der Waals surface area contributed by atoms with Crippen LogP contribution < -0.4 is 5.73 Å². The number of nitrogens with zero attached hydrogens (tertiary/aromatic N) is 1. The average molecular weight is 325 g/mol. The molecule has 3 nitrogen and oxygen atoms in total. The first-order chi connectivity index (χ1) is 6.20. The highest BCUT2D eigenvalue weighted by molar-refractivity contribution is 14.1. The van der Waals surface area contributed by atoms with Crippen LogP contribution in [0, 0.1) is 3.57 Å². The molecule has 0 spiro atoms. The zero-order valence-electron chi connectivity index (χ0n) is 7.31. The molecule has 0 radical (unpaired) electrons. The van der Waals surface area contributed by atoms with Gasteiger partial charge in [0, 0.05) is 15.3 Å². The molecule has 14 heavy (non-hydrogen) atoms. The molecule has 0 saturated carbocycles. The molecule has 0 aliphatic carbocycles. The van der Waals surface area contributed by atoms with Crippen molar-refractivity contribution in [3.63, 3.8) is 0 Å². The number of aliphatic imine (C=N–C) groups is 1. The van der Waals surface area contributed by atoms with E-state index in [1.165, 1.54) is 0 Å². The maximum atomic E-state index is 10.4. The minimum atomic E-state index is -0.415. The standard InChI is InChI=1S/C9H9IN2O.ClH/c10-8-4-2-1-3-7(8)5-12-6-9(11)13;/h1-5H,6H2,(H2,11,13);1H. The summed E-state index contributed by atoms with van der Waals surface area (Å²) in [6.07, 6.45) is 1.66. The summed E-state index contributed by atoms with van der Waals surface area (Å²) >= 11 is 2.21. The summed E-state index contributed by atoms with van der Waals surface area (Å²) in [4.78, 5) is 14.3. The number of amides is 1. The van der Waals surface area contributed by atoms with Crippen LogP contribution >= 0.6 is 35.0 Å². The van der Waals surface area contributed by atoms with Gasteiger partial charge in [-0.3, -0.25) is 9.79 Å². The largest absolute Gasteiger partial charge is 0.368 e. The Balaban J connectivity index is 0.00000169. The Morgan fingerprint density at radius 1 is 1.50 bits per heavy atom. The van der Waals surface area contributed by atoms with Crippen molar-refractivity contribution in [3.8, 4) is 0 Å². The van der Waals surface area contributed by atoms with Crippen LogP contribution in [0.15, 0.2) is 29.3 Å². The van der Waals surface area contributed by atoms with Crippen molar-refractivity contribution < 1.29 is 4.79 Å². The van der Waals surface area contributed by atoms with Crippen molar-refractivity contribution in [3.05, 3.63) is 33.4 Å². The second-order valence-corrected chi connectivity index (χ2v) is 3.62. The van der Waals surface area contributed by atoms with E-state index in [0.29, 0.717) is 0 Å². The van der Waals surface area contributed by atoms with Gasteiger partial charge >= 0.3 is 0 Å². The molecule has 1 rings (SSSR count). The summed E-state index contributed by atoms with van der Waals surface area (Å²) in [5, 5.41) is 0. The van der Waals surface area contributed by atoms with Gasteiger partial charge in [0.1, 0.15) is 6.54 Å². The highest BCUT2D eigenvalue weighted by atomic mass is 127. The Morgan fingerprint density at radius 3 is 2.71 bits per heavy atom. The van der Waals surface area contributed by atoms with Crippen LogP contribution in [0.25, 0.3) is 0 Å². The van der Waals surface area contributed by atoms with E-state index in [4.69, 9.17) is 5.73 Å². The first-order valence-corrected chi connectivity index (χ1v) is 4.80. The van der Waals surface area contributed by atoms with Crippen LogP contribution in [0.4, 0.5) is 0 Å². The number of halogens is 2. The smallest absolute Gasteiger partial charge is 0.239 e. The first-order valence-electron chi connectivity index (χ1n) is 3.73. The Labute approximate surface area is 102 Å². The maximum absolute atomic E-state index is 10.4. The zero-order valence-corrected chi connectivity index (χ0v) is 10.3. The van der Waals surface area contributed by atoms with E-state index in [9.17, 15) is 4.79 Å². The van der Waals surface area contributed by atoms with Crippen molar-refractivity contribution in [1.29, 1.82) is 0 Å². The molecule has 0 aromatic heterocycles. The number of rotatable bonds is 3. The van der Waals surface area contributed by atoms with Gasteiger partial charge in [-0.05, 0) is 28.7 Å². The third-order valence-electron chi connectivity index (χ3n) is 1.38. The fourth-order valence-corrected chi connectivity index (χ4v) is 1.34. The molecule has 76 valence electrons. The van der Waals surface area contributed by atoms with Gasteiger partial charge in [0.2, 0.25) is 5.91 Å². The maximum Gasteiger partial charge on any atom is 0.239 e. The molecule has 0 aliphatic rings. The quantitative estimate of drug-likeness (QED) is 0.666. The van der Waals surface area contributed by atoms with Crippen molar-refractivity contribution in [2.75, 3.05) is 6.54 Å². The van der Waals surface area contributed by atoms with Gasteiger partial charge in [-0.15, -0.1) is 12.4 Å². The van der Waals surface area contributed by atoms with Crippen LogP contribution in [0.3, 0.4) is 0 Å². The Morgan fingerprint density at radius 2 is 2.14 bits per heavy atom. The molecule has 0 saturated heterocycles. The van der Waals surface area contributed by atoms with Gasteiger partial charge in [0.15, 0.2) is 0 Å². The molecule has 0 aliphatic heterocycles. The number of benzene rings is 1. The van der Waals surface area contributed by atoms with Gasteiger partial charge in [-0.1, -0.05) is 18.2 Å². The fraction of sp³-hybridized carbons (Fsp3) is 0.111. The van der Waals surface area contributed by atoms with Crippen molar-refractivity contribution in [2.24, 2.45) is 10.7 Å². The lowest BCUT2D eigenvalue weighted by atomic mass is 10.2. The van der Waals surface area contributed by atoms with E-state index >= 15 is 0 Å². The number of nitrogens with two attached hydrogens (primary N) is 1. The van der Waals surface area contributed by atoms with E-state index < -0.39 is 5.91 Å². The van der Waals surface area contributed by atoms with E-state index in [-0.39, 0.29) is 19.0 Å². The second-order valence-electron chi connectivity index (χ2n) is 2.46. The van der Waals surface area contributed by atoms with Gasteiger partial charge in [-0.25, -0.2) is 0 Å². The first kappa shape index (κ1) is 13.4. The third-order valence-corrected chi connectivity index (χ3v) is 2.37. The van der Waals surface area contributed by atoms with E-state index in [1.54, 1.807) is 6.21 Å². The van der Waals surface area contributed by atoms with E-state index in [0.717, 1.165) is 9.13 Å². The minimum Gasteiger partial charge on any atom is -0.368 e. The van der Waals surface area contributed by atoms with Crippen LogP contribution in [0.2, 0.25) is 0 Å². The predicted molar refractivity (Wildman–Crippen MR) is 68.1 cm³/mol. The Kier molecular flexibility index (Phi) is 6.48. The van der Waals surface area contributed by atoms with Gasteiger partial charge in [0.05, 0.1) is 0 Å². The summed E-state index contributed by atoms with van der Waals surface area (Å²) in [5.74, 6) is -0.415. The number of carbonyl (C=O) groups excluding carboxylic acids is 1. The summed E-state index contributed by atoms with van der Waals surface area (Å²) in [5.41, 5.74) is 5.94. The monoisotopic (exact) mass is 324 g/mol. The topological polar surface area (TPSA) is 55.5 Å². The van der Waals surface area contributed by atoms with Crippen LogP contribution in [-0.4, -0.2) is 18.7 Å². The van der Waals surface area contributed by atoms with Gasteiger partial charge in [0.25, 0.3) is 0 Å². The molecule has 0 atom stereocenters. The summed E-state index contributed by atoms with van der Waals surface area (Å²) in [6, 6.07) is 7.79. The molecule has 2 N–H and O–H groups in total. The molecule has 1 amide bonds. The third kappa shape index (κ3) is 4.57. The minimum absolute atomic E-state index is 0. The SMILES string of the molecule is Cl.NC(=O)CN=Cc1ccccc1I. The zero-order chi connectivity index (χ0) is 9.68. The van der Waals surface area contributed by atoms with Crippen LogP contribution in [0.5, 0.6) is 0 Å². The van der Waals surface area contributed by atoms with Crippen LogP contribution in [0.1, 0.15) is 5.56 Å². The second kappa shape index (κ2) is 6.78. The number of hydrogen-bond acceptors (Lipinski definition) is 2. The molecule has 0 heterocycles. The van der Waals surface area contributed by atoms with E-state index in [2.05, 4.69) is 27.6 Å². The average Bonchev–Trinajstić information content (AvgIpc) is 2.08. The molecule has 0 fully saturated rings. The lowest BCUT2D eigenvalue weighted by Gasteiger charge is -1.95. The summed E-state index contributed by atoms with van der Waals surface area (Å²) in [7, 11) is 0. The fourth-order valence-electron chi connectivity index (χ4n) is 0.814. The lowest BCUT2D eigenvalue weighted by Crippen LogP contribution is -2.14. The van der Waals surface area contributed by atoms with E-state index in [1.807, 2.05) is 24.3 Å². The predicted octanol–water partition coefficient (Wildman–Crippen LogP) is 1.62. The summed E-state index contributed by atoms with van der Waals surface area (Å²) < 4.78 is 1.10. The molecule has 1 aromatic carbocycles. The molecule has 0 unspecified atom stereocenters. The molecule has 5 heteroatoms. The highest BCUT2D eigenvalue weighted by Crippen LogP contribution is 2.08. The number of carbonyl (C=O) groups is 1. The number of primary amides is 1. The molecule has 1 aromatic rings. The van der Waals surface area contributed by atoms with Crippen molar-refractivity contribution >= 4 is 47.1 Å². The van der Waals surface area contributed by atoms with Crippen LogP contribution in [-0.2, 0) is 4.79 Å². The van der Waals surface area contributed by atoms with Crippen molar-refractivity contribution in [1.82, 2.24) is 0 Å². The highest BCUT2D eigenvalue weighted by Gasteiger charge is 1.93. The molecular formula is C9H10ClIN2O. The summed E-state index contributed by atoms with van der Waals surface area (Å²) in [6.45, 7) is 0.0466. The normalized spacial score (nSPS) is 9.79. The number of hydrogen-bond donors (Lipinski definition) is 1. The molecule has 0 bridgehead atoms. The lowest BCUT2D eigenvalue weighted by molar-refractivity contribution is -0.116. The van der Waals surface area contributed by atoms with Crippen molar-refractivity contribution in [2.45, 2.75) is 0 Å². The Hall–Kier alpha value is -0.620. The van der Waals surface area contributed by atoms with Gasteiger partial charge in [-0.2, -0.15) is 0 Å². The van der Waals surface area contributed by atoms with Gasteiger partial charge < -0.3 is 5.73 Å². The molecular weight excluding hydrogens is 314 g/mol. The Bertz CT molecular complexity index is 341.